The molecule has 0 atom stereocenters. The molecule has 0 aromatic heterocycles. The molecule has 5 nitrogen and oxygen atoms in total. The van der Waals surface area contributed by atoms with Gasteiger partial charge in [-0.05, 0) is 18.2 Å². The number of benzene rings is 1. The Kier molecular flexibility index (Phi) is 3.85. The topological polar surface area (TPSA) is 83.5 Å². The van der Waals surface area contributed by atoms with E-state index in [2.05, 4.69) is 0 Å². The van der Waals surface area contributed by atoms with Crippen LogP contribution in [0.1, 0.15) is 5.56 Å². The van der Waals surface area contributed by atoms with Crippen LogP contribution in [-0.4, -0.2) is 25.2 Å². The highest BCUT2D eigenvalue weighted by Gasteiger charge is 2.30. The summed E-state index contributed by atoms with van der Waals surface area (Å²) < 4.78 is 61.2. The van der Waals surface area contributed by atoms with E-state index in [1.807, 2.05) is 0 Å². The minimum atomic E-state index is -4.60. The second kappa shape index (κ2) is 4.84. The van der Waals surface area contributed by atoms with Crippen LogP contribution >= 0.6 is 0 Å². The van der Waals surface area contributed by atoms with Crippen molar-refractivity contribution in [2.45, 2.75) is 6.18 Å². The Bertz CT molecular complexity index is 553. The van der Waals surface area contributed by atoms with Crippen molar-refractivity contribution in [1.29, 1.82) is 0 Å². The van der Waals surface area contributed by atoms with Gasteiger partial charge in [0.2, 0.25) is 10.0 Å². The molecule has 0 aliphatic carbocycles. The van der Waals surface area contributed by atoms with Crippen LogP contribution < -0.4 is 4.72 Å². The van der Waals surface area contributed by atoms with Gasteiger partial charge in [-0.2, -0.15) is 13.2 Å². The molecule has 0 unspecified atom stereocenters. The predicted octanol–water partition coefficient (Wildman–Crippen LogP) is 1.53. The predicted molar refractivity (Wildman–Crippen MR) is 56.5 cm³/mol. The molecule has 0 bridgehead atoms. The summed E-state index contributed by atoms with van der Waals surface area (Å²) in [5.74, 6) is -2.82. The Morgan fingerprint density at radius 3 is 2.44 bits per heavy atom. The molecule has 0 fully saturated rings. The van der Waals surface area contributed by atoms with Crippen LogP contribution in [0, 0.1) is 0 Å². The maximum absolute atomic E-state index is 12.3. The first kappa shape index (κ1) is 14.3. The lowest BCUT2D eigenvalue weighted by Gasteiger charge is -2.10. The summed E-state index contributed by atoms with van der Waals surface area (Å²) in [6, 6.07) is 3.46. The number of hydrogen-bond acceptors (Lipinski definition) is 3. The number of sulfonamides is 1. The van der Waals surface area contributed by atoms with Gasteiger partial charge in [-0.15, -0.1) is 0 Å². The molecule has 0 amide bonds. The first-order valence-electron chi connectivity index (χ1n) is 4.50. The Balaban J connectivity index is 2.96. The Morgan fingerprint density at radius 1 is 1.33 bits per heavy atom. The normalized spacial score (nSPS) is 12.2. The number of nitrogens with one attached hydrogen (secondary N) is 1. The van der Waals surface area contributed by atoms with Crippen LogP contribution in [0.5, 0.6) is 0 Å². The van der Waals surface area contributed by atoms with Crippen LogP contribution in [0.15, 0.2) is 24.3 Å². The maximum Gasteiger partial charge on any atom is 0.416 e. The molecule has 18 heavy (non-hydrogen) atoms. The van der Waals surface area contributed by atoms with Gasteiger partial charge in [-0.25, -0.2) is 8.42 Å². The molecule has 100 valence electrons. The molecule has 0 saturated carbocycles. The quantitative estimate of drug-likeness (QED) is 0.877. The summed E-state index contributed by atoms with van der Waals surface area (Å²) >= 11 is 0. The van der Waals surface area contributed by atoms with Gasteiger partial charge >= 0.3 is 12.1 Å². The summed E-state index contributed by atoms with van der Waals surface area (Å²) in [5.41, 5.74) is -1.37. The third-order valence-electron chi connectivity index (χ3n) is 1.78. The molecule has 0 radical (unpaired) electrons. The van der Waals surface area contributed by atoms with E-state index in [1.54, 1.807) is 4.72 Å². The number of carbonyl (C=O) groups is 1. The van der Waals surface area contributed by atoms with Crippen LogP contribution in [0.25, 0.3) is 0 Å². The number of carboxylic acids is 1. The summed E-state index contributed by atoms with van der Waals surface area (Å²) in [5, 5.41) is 8.31. The lowest BCUT2D eigenvalue weighted by molar-refractivity contribution is -0.137. The highest BCUT2D eigenvalue weighted by molar-refractivity contribution is 7.93. The smallest absolute Gasteiger partial charge is 0.416 e. The molecule has 1 aromatic carbocycles. The van der Waals surface area contributed by atoms with Gasteiger partial charge in [0.25, 0.3) is 0 Å². The van der Waals surface area contributed by atoms with E-state index in [0.717, 1.165) is 18.2 Å². The van der Waals surface area contributed by atoms with E-state index in [9.17, 15) is 26.4 Å². The minimum Gasteiger partial charge on any atom is -0.480 e. The van der Waals surface area contributed by atoms with Crippen molar-refractivity contribution in [2.75, 3.05) is 10.5 Å². The van der Waals surface area contributed by atoms with Crippen molar-refractivity contribution in [1.82, 2.24) is 0 Å². The molecule has 2 N–H and O–H groups in total. The number of carboxylic acid groups (broad SMARTS) is 1. The zero-order valence-electron chi connectivity index (χ0n) is 8.73. The maximum atomic E-state index is 12.3. The average molecular weight is 283 g/mol. The van der Waals surface area contributed by atoms with Gasteiger partial charge in [0, 0.05) is 5.69 Å². The SMILES string of the molecule is O=C(O)CS(=O)(=O)Nc1cccc(C(F)(F)F)c1. The first-order valence-corrected chi connectivity index (χ1v) is 6.15. The third kappa shape index (κ3) is 4.24. The fourth-order valence-electron chi connectivity index (χ4n) is 1.14. The van der Waals surface area contributed by atoms with Crippen LogP contribution in [0.2, 0.25) is 0 Å². The average Bonchev–Trinajstić information content (AvgIpc) is 2.13. The lowest BCUT2D eigenvalue weighted by atomic mass is 10.2. The molecule has 0 aliphatic rings. The Labute approximate surface area is 100 Å². The molecular formula is C9H8F3NO4S. The summed E-state index contributed by atoms with van der Waals surface area (Å²) in [7, 11) is -4.21. The second-order valence-corrected chi connectivity index (χ2v) is 5.06. The second-order valence-electron chi connectivity index (χ2n) is 3.33. The molecule has 1 rings (SSSR count). The molecule has 0 saturated heterocycles. The third-order valence-corrected chi connectivity index (χ3v) is 2.95. The zero-order valence-corrected chi connectivity index (χ0v) is 9.55. The minimum absolute atomic E-state index is 0.342. The summed E-state index contributed by atoms with van der Waals surface area (Å²) in [6.45, 7) is 0. The van der Waals surface area contributed by atoms with Gasteiger partial charge in [0.15, 0.2) is 5.75 Å². The van der Waals surface area contributed by atoms with Crippen molar-refractivity contribution in [3.05, 3.63) is 29.8 Å². The monoisotopic (exact) mass is 283 g/mol. The van der Waals surface area contributed by atoms with E-state index >= 15 is 0 Å². The van der Waals surface area contributed by atoms with Crippen LogP contribution in [0.4, 0.5) is 18.9 Å². The summed E-state index contributed by atoms with van der Waals surface area (Å²) in [4.78, 5) is 10.2. The van der Waals surface area contributed by atoms with E-state index in [-0.39, 0.29) is 5.69 Å². The van der Waals surface area contributed by atoms with Crippen LogP contribution in [-0.2, 0) is 21.0 Å². The number of aliphatic carboxylic acids is 1. The van der Waals surface area contributed by atoms with E-state index in [4.69, 9.17) is 5.11 Å². The lowest BCUT2D eigenvalue weighted by Crippen LogP contribution is -2.22. The van der Waals surface area contributed by atoms with Gasteiger partial charge in [0.1, 0.15) is 0 Å². The van der Waals surface area contributed by atoms with Crippen molar-refractivity contribution in [2.24, 2.45) is 0 Å². The number of rotatable bonds is 4. The highest BCUT2D eigenvalue weighted by atomic mass is 32.2. The fraction of sp³-hybridized carbons (Fsp3) is 0.222. The number of anilines is 1. The molecular weight excluding hydrogens is 275 g/mol. The zero-order chi connectivity index (χ0) is 14.0. The van der Waals surface area contributed by atoms with E-state index in [0.29, 0.717) is 6.07 Å². The number of hydrogen-bond donors (Lipinski definition) is 2. The Hall–Kier alpha value is -1.77. The van der Waals surface area contributed by atoms with E-state index < -0.39 is 33.5 Å². The van der Waals surface area contributed by atoms with Crippen LogP contribution in [0.3, 0.4) is 0 Å². The molecule has 9 heteroatoms. The standard InChI is InChI=1S/C9H8F3NO4S/c10-9(11,12)6-2-1-3-7(4-6)13-18(16,17)5-8(14)15/h1-4,13H,5H2,(H,14,15). The first-order chi connectivity index (χ1) is 8.10. The van der Waals surface area contributed by atoms with Crippen molar-refractivity contribution < 1.29 is 31.5 Å². The summed E-state index contributed by atoms with van der Waals surface area (Å²) in [6.07, 6.45) is -4.60. The van der Waals surface area contributed by atoms with Gasteiger partial charge < -0.3 is 5.11 Å². The molecule has 0 spiro atoms. The molecule has 0 heterocycles. The molecule has 0 aliphatic heterocycles. The van der Waals surface area contributed by atoms with Crippen molar-refractivity contribution in [3.63, 3.8) is 0 Å². The van der Waals surface area contributed by atoms with E-state index in [1.165, 1.54) is 0 Å². The highest BCUT2D eigenvalue weighted by Crippen LogP contribution is 2.30. The van der Waals surface area contributed by atoms with Gasteiger partial charge in [0.05, 0.1) is 5.56 Å². The van der Waals surface area contributed by atoms with Crippen molar-refractivity contribution >= 4 is 21.7 Å². The number of alkyl halides is 3. The van der Waals surface area contributed by atoms with Crippen molar-refractivity contribution in [3.8, 4) is 0 Å². The van der Waals surface area contributed by atoms with Gasteiger partial charge in [-0.3, -0.25) is 9.52 Å². The fourth-order valence-corrected chi connectivity index (χ4v) is 2.02. The molecule has 1 aromatic rings. The van der Waals surface area contributed by atoms with Gasteiger partial charge in [-0.1, -0.05) is 6.07 Å². The number of halogens is 3. The largest absolute Gasteiger partial charge is 0.480 e. The Morgan fingerprint density at radius 2 is 1.94 bits per heavy atom.